The van der Waals surface area contributed by atoms with Gasteiger partial charge in [-0.25, -0.2) is 14.4 Å². The van der Waals surface area contributed by atoms with Crippen LogP contribution in [0.3, 0.4) is 0 Å². The molecule has 0 fully saturated rings. The highest BCUT2D eigenvalue weighted by atomic mass is 16.6. The number of carboxylic acid groups (broad SMARTS) is 1. The van der Waals surface area contributed by atoms with Crippen molar-refractivity contribution < 1.29 is 38.5 Å². The summed E-state index contributed by atoms with van der Waals surface area (Å²) in [6, 6.07) is 20.7. The summed E-state index contributed by atoms with van der Waals surface area (Å²) < 4.78 is 15.8. The van der Waals surface area contributed by atoms with Crippen molar-refractivity contribution in [1.29, 1.82) is 0 Å². The van der Waals surface area contributed by atoms with Gasteiger partial charge in [0.05, 0.1) is 6.42 Å². The molecule has 0 bridgehead atoms. The maximum atomic E-state index is 12.6. The summed E-state index contributed by atoms with van der Waals surface area (Å²) in [4.78, 5) is 47.3. The van der Waals surface area contributed by atoms with Crippen molar-refractivity contribution in [1.82, 2.24) is 5.32 Å². The molecule has 38 heavy (non-hydrogen) atoms. The summed E-state index contributed by atoms with van der Waals surface area (Å²) in [6.45, 7) is -0.598. The minimum absolute atomic E-state index is 0.0362. The van der Waals surface area contributed by atoms with Crippen molar-refractivity contribution in [3.8, 4) is 16.9 Å². The third kappa shape index (κ3) is 6.47. The highest BCUT2D eigenvalue weighted by Crippen LogP contribution is 2.44. The average molecular weight is 519 g/mol. The Kier molecular flexibility index (Phi) is 8.22. The fourth-order valence-corrected chi connectivity index (χ4v) is 4.26. The predicted molar refractivity (Wildman–Crippen MR) is 135 cm³/mol. The second-order valence-corrected chi connectivity index (χ2v) is 8.63. The second-order valence-electron chi connectivity index (χ2n) is 8.63. The van der Waals surface area contributed by atoms with Crippen LogP contribution in [0.5, 0.6) is 5.75 Å². The predicted octanol–water partition coefficient (Wildman–Crippen LogP) is 2.98. The normalized spacial score (nSPS) is 12.5. The first kappa shape index (κ1) is 26.2. The van der Waals surface area contributed by atoms with E-state index in [-0.39, 0.29) is 19.1 Å². The Balaban J connectivity index is 1.33. The van der Waals surface area contributed by atoms with E-state index in [1.54, 1.807) is 12.1 Å². The van der Waals surface area contributed by atoms with Gasteiger partial charge < -0.3 is 30.4 Å². The van der Waals surface area contributed by atoms with Gasteiger partial charge in [0.15, 0.2) is 6.61 Å². The van der Waals surface area contributed by atoms with Crippen LogP contribution in [0.1, 0.15) is 29.0 Å². The van der Waals surface area contributed by atoms with Crippen molar-refractivity contribution >= 4 is 23.9 Å². The zero-order valence-corrected chi connectivity index (χ0v) is 20.3. The Morgan fingerprint density at radius 2 is 1.47 bits per heavy atom. The molecule has 0 spiro atoms. The Bertz CT molecular complexity index is 1290. The largest absolute Gasteiger partial charge is 0.482 e. The molecule has 4 rings (SSSR count). The first-order valence-electron chi connectivity index (χ1n) is 11.8. The zero-order valence-electron chi connectivity index (χ0n) is 20.3. The molecule has 10 nitrogen and oxygen atoms in total. The van der Waals surface area contributed by atoms with Crippen molar-refractivity contribution in [3.63, 3.8) is 0 Å². The fraction of sp³-hybridized carbons (Fsp3) is 0.214. The minimum atomic E-state index is -1.33. The number of alkyl carbamates (subject to hydrolysis) is 1. The van der Waals surface area contributed by atoms with Crippen LogP contribution in [0, 0.1) is 0 Å². The van der Waals surface area contributed by atoms with E-state index in [1.165, 1.54) is 12.1 Å². The fourth-order valence-electron chi connectivity index (χ4n) is 4.26. The molecule has 4 N–H and O–H groups in total. The molecule has 3 aromatic carbocycles. The Labute approximate surface area is 218 Å². The first-order chi connectivity index (χ1) is 18.3. The SMILES string of the molecule is NC(=O)C[C@H](NC(=O)OCC1c2ccccc2-c2ccccc21)C(=O)OCc1ccc(OCC(=O)O)cc1. The number of aliphatic carboxylic acids is 1. The van der Waals surface area contributed by atoms with E-state index >= 15 is 0 Å². The number of benzene rings is 3. The molecule has 0 unspecified atom stereocenters. The topological polar surface area (TPSA) is 154 Å². The van der Waals surface area contributed by atoms with E-state index in [0.717, 1.165) is 22.3 Å². The summed E-state index contributed by atoms with van der Waals surface area (Å²) in [5, 5.41) is 11.0. The van der Waals surface area contributed by atoms with Crippen molar-refractivity contribution in [3.05, 3.63) is 89.5 Å². The van der Waals surface area contributed by atoms with Crippen LogP contribution < -0.4 is 15.8 Å². The molecule has 196 valence electrons. The number of nitrogens with one attached hydrogen (secondary N) is 1. The smallest absolute Gasteiger partial charge is 0.407 e. The van der Waals surface area contributed by atoms with Crippen LogP contribution >= 0.6 is 0 Å². The molecule has 0 aromatic heterocycles. The van der Waals surface area contributed by atoms with Crippen LogP contribution in [-0.4, -0.2) is 48.3 Å². The molecule has 0 aliphatic heterocycles. The summed E-state index contributed by atoms with van der Waals surface area (Å²) in [6.07, 6.45) is -1.35. The molecular formula is C28H26N2O8. The quantitative estimate of drug-likeness (QED) is 0.327. The standard InChI is InChI=1S/C28H26N2O8/c29-25(31)13-24(27(34)37-14-17-9-11-18(12-10-17)36-16-26(32)33)30-28(35)38-15-23-21-7-3-1-5-19(21)20-6-2-4-8-22(20)23/h1-12,23-24H,13-16H2,(H2,29,31)(H,30,35)(H,32,33)/t24-/m0/s1. The molecule has 1 aliphatic rings. The minimum Gasteiger partial charge on any atom is -0.482 e. The molecule has 1 atom stereocenters. The van der Waals surface area contributed by atoms with Crippen LogP contribution in [0.25, 0.3) is 11.1 Å². The highest BCUT2D eigenvalue weighted by Gasteiger charge is 2.30. The number of hydrogen-bond acceptors (Lipinski definition) is 7. The van der Waals surface area contributed by atoms with Crippen LogP contribution in [0.15, 0.2) is 72.8 Å². The Morgan fingerprint density at radius 1 is 0.868 bits per heavy atom. The summed E-state index contributed by atoms with van der Waals surface area (Å²) in [5.41, 5.74) is 10.1. The molecule has 3 aromatic rings. The summed E-state index contributed by atoms with van der Waals surface area (Å²) >= 11 is 0. The lowest BCUT2D eigenvalue weighted by atomic mass is 9.98. The van der Waals surface area contributed by atoms with Crippen molar-refractivity contribution in [2.24, 2.45) is 5.73 Å². The summed E-state index contributed by atoms with van der Waals surface area (Å²) in [7, 11) is 0. The Hall–Kier alpha value is -4.86. The zero-order chi connectivity index (χ0) is 27.1. The van der Waals surface area contributed by atoms with Crippen molar-refractivity contribution in [2.45, 2.75) is 25.0 Å². The van der Waals surface area contributed by atoms with E-state index < -0.39 is 43.0 Å². The molecule has 0 saturated carbocycles. The van der Waals surface area contributed by atoms with Gasteiger partial charge >= 0.3 is 18.0 Å². The molecule has 0 saturated heterocycles. The Morgan fingerprint density at radius 3 is 2.05 bits per heavy atom. The number of hydrogen-bond donors (Lipinski definition) is 3. The lowest BCUT2D eigenvalue weighted by Crippen LogP contribution is -2.44. The number of esters is 1. The third-order valence-electron chi connectivity index (χ3n) is 5.99. The van der Waals surface area contributed by atoms with Gasteiger partial charge in [-0.2, -0.15) is 0 Å². The maximum absolute atomic E-state index is 12.6. The second kappa shape index (κ2) is 11.9. The van der Waals surface area contributed by atoms with E-state index in [9.17, 15) is 19.2 Å². The average Bonchev–Trinajstić information content (AvgIpc) is 3.23. The van der Waals surface area contributed by atoms with Gasteiger partial charge in [-0.15, -0.1) is 0 Å². The number of nitrogens with two attached hydrogens (primary N) is 1. The van der Waals surface area contributed by atoms with Gasteiger partial charge in [0.1, 0.15) is 25.0 Å². The monoisotopic (exact) mass is 518 g/mol. The van der Waals surface area contributed by atoms with E-state index in [4.69, 9.17) is 25.1 Å². The van der Waals surface area contributed by atoms with Crippen molar-refractivity contribution in [2.75, 3.05) is 13.2 Å². The molecular weight excluding hydrogens is 492 g/mol. The number of rotatable bonds is 11. The number of primary amides is 1. The van der Waals surface area contributed by atoms with Crippen LogP contribution in [0.2, 0.25) is 0 Å². The number of amides is 2. The van der Waals surface area contributed by atoms with Gasteiger partial charge in [0.25, 0.3) is 0 Å². The lowest BCUT2D eigenvalue weighted by molar-refractivity contribution is -0.148. The maximum Gasteiger partial charge on any atom is 0.407 e. The lowest BCUT2D eigenvalue weighted by Gasteiger charge is -2.18. The molecule has 1 aliphatic carbocycles. The number of carbonyl (C=O) groups is 4. The van der Waals surface area contributed by atoms with Gasteiger partial charge in [0.2, 0.25) is 5.91 Å². The molecule has 0 radical (unpaired) electrons. The molecule has 10 heteroatoms. The van der Waals surface area contributed by atoms with Crippen LogP contribution in [0.4, 0.5) is 4.79 Å². The third-order valence-corrected chi connectivity index (χ3v) is 5.99. The van der Waals surface area contributed by atoms with Gasteiger partial charge in [-0.3, -0.25) is 4.79 Å². The molecule has 0 heterocycles. The number of carboxylic acids is 1. The number of carbonyl (C=O) groups excluding carboxylic acids is 3. The van der Waals surface area contributed by atoms with Gasteiger partial charge in [-0.05, 0) is 39.9 Å². The van der Waals surface area contributed by atoms with E-state index in [2.05, 4.69) is 5.32 Å². The van der Waals surface area contributed by atoms with Gasteiger partial charge in [-0.1, -0.05) is 60.7 Å². The number of fused-ring (bicyclic) bond motifs is 3. The molecule has 2 amide bonds. The van der Waals surface area contributed by atoms with E-state index in [1.807, 2.05) is 48.5 Å². The highest BCUT2D eigenvalue weighted by molar-refractivity contribution is 5.87. The van der Waals surface area contributed by atoms with Crippen LogP contribution in [-0.2, 0) is 30.5 Å². The first-order valence-corrected chi connectivity index (χ1v) is 11.8. The van der Waals surface area contributed by atoms with E-state index in [0.29, 0.717) is 11.3 Å². The number of ether oxygens (including phenoxy) is 3. The van der Waals surface area contributed by atoms with Gasteiger partial charge in [0, 0.05) is 5.92 Å². The summed E-state index contributed by atoms with van der Waals surface area (Å²) in [5.74, 6) is -2.59.